The van der Waals surface area contributed by atoms with Crippen molar-refractivity contribution in [1.29, 1.82) is 0 Å². The summed E-state index contributed by atoms with van der Waals surface area (Å²) in [4.78, 5) is 1.32. The van der Waals surface area contributed by atoms with Gasteiger partial charge in [0, 0.05) is 22.5 Å². The number of hydrogen-bond acceptors (Lipinski definition) is 3. The molecule has 2 rings (SSSR count). The Balaban J connectivity index is 2.15. The molecule has 5 heteroatoms. The summed E-state index contributed by atoms with van der Waals surface area (Å²) in [5.74, 6) is 0. The predicted molar refractivity (Wildman–Crippen MR) is 86.7 cm³/mol. The SMILES string of the molecule is CC(C)(CNc1c(Cl)cc(N)cc1Cl)c1cccs1. The summed E-state index contributed by atoms with van der Waals surface area (Å²) in [6, 6.07) is 7.60. The van der Waals surface area contributed by atoms with Gasteiger partial charge in [-0.2, -0.15) is 0 Å². The molecule has 0 unspecified atom stereocenters. The molecule has 0 spiro atoms. The van der Waals surface area contributed by atoms with Gasteiger partial charge in [-0.3, -0.25) is 0 Å². The Labute approximate surface area is 127 Å². The molecule has 0 atom stereocenters. The van der Waals surface area contributed by atoms with Gasteiger partial charge < -0.3 is 11.1 Å². The Morgan fingerprint density at radius 1 is 1.26 bits per heavy atom. The number of nitrogens with two attached hydrogens (primary N) is 1. The van der Waals surface area contributed by atoms with Crippen LogP contribution in [0, 0.1) is 0 Å². The topological polar surface area (TPSA) is 38.0 Å². The molecule has 102 valence electrons. The number of halogens is 2. The Morgan fingerprint density at radius 2 is 1.89 bits per heavy atom. The third-order valence-electron chi connectivity index (χ3n) is 2.96. The van der Waals surface area contributed by atoms with E-state index in [2.05, 4.69) is 36.7 Å². The lowest BCUT2D eigenvalue weighted by Gasteiger charge is -2.25. The summed E-state index contributed by atoms with van der Waals surface area (Å²) in [6.07, 6.45) is 0. The molecule has 0 saturated carbocycles. The first-order chi connectivity index (χ1) is 8.90. The Hall–Kier alpha value is -0.900. The van der Waals surface area contributed by atoms with Gasteiger partial charge in [-0.25, -0.2) is 0 Å². The highest BCUT2D eigenvalue weighted by molar-refractivity contribution is 7.10. The standard InChI is InChI=1S/C14H16Cl2N2S/c1-14(2,12-4-3-5-19-12)8-18-13-10(15)6-9(17)7-11(13)16/h3-7,18H,8,17H2,1-2H3. The number of hydrogen-bond donors (Lipinski definition) is 2. The second-order valence-electron chi connectivity index (χ2n) is 5.07. The zero-order valence-electron chi connectivity index (χ0n) is 10.8. The first-order valence-electron chi connectivity index (χ1n) is 5.92. The molecule has 2 nitrogen and oxygen atoms in total. The van der Waals surface area contributed by atoms with E-state index in [0.717, 1.165) is 12.2 Å². The summed E-state index contributed by atoms with van der Waals surface area (Å²) in [5.41, 5.74) is 7.01. The largest absolute Gasteiger partial charge is 0.399 e. The zero-order chi connectivity index (χ0) is 14.0. The van der Waals surface area contributed by atoms with Crippen LogP contribution in [0.5, 0.6) is 0 Å². The number of thiophene rings is 1. The van der Waals surface area contributed by atoms with Crippen LogP contribution in [-0.4, -0.2) is 6.54 Å². The van der Waals surface area contributed by atoms with E-state index in [1.54, 1.807) is 23.5 Å². The van der Waals surface area contributed by atoms with Crippen molar-refractivity contribution in [2.45, 2.75) is 19.3 Å². The van der Waals surface area contributed by atoms with Crippen molar-refractivity contribution < 1.29 is 0 Å². The van der Waals surface area contributed by atoms with Crippen molar-refractivity contribution in [2.75, 3.05) is 17.6 Å². The minimum atomic E-state index is 0.0161. The zero-order valence-corrected chi connectivity index (χ0v) is 13.2. The molecule has 0 fully saturated rings. The normalized spacial score (nSPS) is 11.6. The smallest absolute Gasteiger partial charge is 0.0720 e. The van der Waals surface area contributed by atoms with E-state index >= 15 is 0 Å². The van der Waals surface area contributed by atoms with Gasteiger partial charge in [-0.15, -0.1) is 11.3 Å². The van der Waals surface area contributed by atoms with Crippen LogP contribution in [0.3, 0.4) is 0 Å². The summed E-state index contributed by atoms with van der Waals surface area (Å²) >= 11 is 14.1. The van der Waals surface area contributed by atoms with Gasteiger partial charge in [0.15, 0.2) is 0 Å². The molecule has 0 aliphatic heterocycles. The second-order valence-corrected chi connectivity index (χ2v) is 6.84. The monoisotopic (exact) mass is 314 g/mol. The van der Waals surface area contributed by atoms with Crippen molar-refractivity contribution in [3.05, 3.63) is 44.6 Å². The van der Waals surface area contributed by atoms with Crippen molar-refractivity contribution in [2.24, 2.45) is 0 Å². The summed E-state index contributed by atoms with van der Waals surface area (Å²) in [6.45, 7) is 5.12. The molecule has 0 aliphatic carbocycles. The summed E-state index contributed by atoms with van der Waals surface area (Å²) in [7, 11) is 0. The lowest BCUT2D eigenvalue weighted by atomic mass is 9.91. The third-order valence-corrected chi connectivity index (χ3v) is 4.79. The van der Waals surface area contributed by atoms with Gasteiger partial charge in [-0.1, -0.05) is 43.1 Å². The fraction of sp³-hybridized carbons (Fsp3) is 0.286. The maximum Gasteiger partial charge on any atom is 0.0720 e. The fourth-order valence-corrected chi connectivity index (χ4v) is 3.31. The van der Waals surface area contributed by atoms with E-state index in [1.807, 2.05) is 0 Å². The van der Waals surface area contributed by atoms with Crippen LogP contribution in [0.15, 0.2) is 29.6 Å². The van der Waals surface area contributed by atoms with Crippen LogP contribution in [0.4, 0.5) is 11.4 Å². The van der Waals surface area contributed by atoms with Gasteiger partial charge in [-0.05, 0) is 23.6 Å². The lowest BCUT2D eigenvalue weighted by Crippen LogP contribution is -2.26. The quantitative estimate of drug-likeness (QED) is 0.777. The summed E-state index contributed by atoms with van der Waals surface area (Å²) < 4.78 is 0. The van der Waals surface area contributed by atoms with Crippen LogP contribution in [0.1, 0.15) is 18.7 Å². The maximum atomic E-state index is 6.16. The molecule has 0 saturated heterocycles. The molecule has 1 aromatic heterocycles. The van der Waals surface area contributed by atoms with E-state index in [1.165, 1.54) is 4.88 Å². The number of benzene rings is 1. The second kappa shape index (κ2) is 5.61. The summed E-state index contributed by atoms with van der Waals surface area (Å²) in [5, 5.41) is 6.50. The van der Waals surface area contributed by atoms with E-state index in [-0.39, 0.29) is 5.41 Å². The molecule has 2 aromatic rings. The van der Waals surface area contributed by atoms with Crippen molar-refractivity contribution >= 4 is 45.9 Å². The first-order valence-corrected chi connectivity index (χ1v) is 7.56. The number of nitrogen functional groups attached to an aromatic ring is 1. The van der Waals surface area contributed by atoms with Crippen LogP contribution in [0.2, 0.25) is 10.0 Å². The molecule has 0 amide bonds. The van der Waals surface area contributed by atoms with Gasteiger partial charge in [0.25, 0.3) is 0 Å². The Kier molecular flexibility index (Phi) is 4.29. The average Bonchev–Trinajstić information content (AvgIpc) is 2.81. The van der Waals surface area contributed by atoms with Crippen LogP contribution < -0.4 is 11.1 Å². The van der Waals surface area contributed by atoms with Gasteiger partial charge in [0.2, 0.25) is 0 Å². The van der Waals surface area contributed by atoms with E-state index in [9.17, 15) is 0 Å². The number of nitrogens with one attached hydrogen (secondary N) is 1. The highest BCUT2D eigenvalue weighted by Gasteiger charge is 2.22. The number of rotatable bonds is 4. The number of anilines is 2. The molecule has 1 aromatic carbocycles. The van der Waals surface area contributed by atoms with Crippen LogP contribution in [0.25, 0.3) is 0 Å². The van der Waals surface area contributed by atoms with E-state index < -0.39 is 0 Å². The molecule has 3 N–H and O–H groups in total. The minimum Gasteiger partial charge on any atom is -0.399 e. The van der Waals surface area contributed by atoms with Gasteiger partial charge in [0.05, 0.1) is 15.7 Å². The third kappa shape index (κ3) is 3.35. The van der Waals surface area contributed by atoms with Crippen molar-refractivity contribution in [3.63, 3.8) is 0 Å². The van der Waals surface area contributed by atoms with Gasteiger partial charge in [0.1, 0.15) is 0 Å². The van der Waals surface area contributed by atoms with E-state index in [0.29, 0.717) is 15.7 Å². The highest BCUT2D eigenvalue weighted by Crippen LogP contribution is 2.34. The van der Waals surface area contributed by atoms with Crippen LogP contribution in [-0.2, 0) is 5.41 Å². The first kappa shape index (κ1) is 14.5. The van der Waals surface area contributed by atoms with Crippen LogP contribution >= 0.6 is 34.5 Å². The van der Waals surface area contributed by atoms with Crippen molar-refractivity contribution in [1.82, 2.24) is 0 Å². The van der Waals surface area contributed by atoms with E-state index in [4.69, 9.17) is 28.9 Å². The maximum absolute atomic E-state index is 6.16. The molecule has 0 aliphatic rings. The minimum absolute atomic E-state index is 0.0161. The van der Waals surface area contributed by atoms with Crippen molar-refractivity contribution in [3.8, 4) is 0 Å². The van der Waals surface area contributed by atoms with Gasteiger partial charge >= 0.3 is 0 Å². The molecule has 0 bridgehead atoms. The Bertz CT molecular complexity index is 542. The Morgan fingerprint density at radius 3 is 2.42 bits per heavy atom. The average molecular weight is 315 g/mol. The molecular formula is C14H16Cl2N2S. The molecular weight excluding hydrogens is 299 g/mol. The lowest BCUT2D eigenvalue weighted by molar-refractivity contribution is 0.569. The molecule has 19 heavy (non-hydrogen) atoms. The fourth-order valence-electron chi connectivity index (χ4n) is 1.82. The highest BCUT2D eigenvalue weighted by atomic mass is 35.5. The molecule has 1 heterocycles. The predicted octanol–water partition coefficient (Wildman–Crippen LogP) is 5.03. The molecule has 0 radical (unpaired) electrons.